The number of carbonyl (C=O) groups excluding carboxylic acids is 1. The first kappa shape index (κ1) is 25.0. The zero-order chi connectivity index (χ0) is 29.0. The fourth-order valence-electron chi connectivity index (χ4n) is 4.99. The summed E-state index contributed by atoms with van der Waals surface area (Å²) in [6, 6.07) is 40.2. The molecule has 1 heterocycles. The topological polar surface area (TPSA) is 29.5 Å². The van der Waals surface area contributed by atoms with Crippen molar-refractivity contribution in [2.24, 2.45) is 0 Å². The van der Waals surface area contributed by atoms with E-state index in [0.717, 1.165) is 10.6 Å². The number of hydrogen-bond donors (Lipinski definition) is 0. The highest BCUT2D eigenvalue weighted by Gasteiger charge is 2.42. The van der Waals surface area contributed by atoms with Gasteiger partial charge in [0.2, 0.25) is 0 Å². The van der Waals surface area contributed by atoms with Crippen molar-refractivity contribution in [2.45, 2.75) is 44.5 Å². The van der Waals surface area contributed by atoms with Crippen molar-refractivity contribution in [1.29, 1.82) is 0 Å². The van der Waals surface area contributed by atoms with E-state index < -0.39 is 39.7 Å². The van der Waals surface area contributed by atoms with Crippen molar-refractivity contribution in [2.75, 3.05) is 12.7 Å². The van der Waals surface area contributed by atoms with Gasteiger partial charge in [0, 0.05) is 21.0 Å². The van der Waals surface area contributed by atoms with Crippen LogP contribution in [-0.4, -0.2) is 41.0 Å². The monoisotopic (exact) mass is 555 g/mol. The quantitative estimate of drug-likeness (QED) is 0.240. The lowest BCUT2D eigenvalue weighted by molar-refractivity contribution is 0.0242. The van der Waals surface area contributed by atoms with Gasteiger partial charge >= 0.3 is 6.09 Å². The Bertz CT molecular complexity index is 1340. The number of carbonyl (C=O) groups is 1. The lowest BCUT2D eigenvalue weighted by Gasteiger charge is -2.31. The summed E-state index contributed by atoms with van der Waals surface area (Å²) < 4.78 is 25.5. The number of amides is 1. The molecular formula is C34H37NO2P2. The van der Waals surface area contributed by atoms with Gasteiger partial charge in [-0.05, 0) is 70.4 Å². The number of hydrogen-bond acceptors (Lipinski definition) is 2. The molecule has 1 aliphatic heterocycles. The van der Waals surface area contributed by atoms with Crippen LogP contribution in [0.15, 0.2) is 121 Å². The van der Waals surface area contributed by atoms with Crippen LogP contribution in [0.5, 0.6) is 0 Å². The highest BCUT2D eigenvalue weighted by atomic mass is 31.1. The summed E-state index contributed by atoms with van der Waals surface area (Å²) >= 11 is 0. The standard InChI is InChI=1S/C34H37NO2P2/c1-34(2,3)37-33(36)35-25-32(39(30-20-12-6-13-21-30)31-22-14-7-15-23-31)24-27(35)26-38(28-16-8-4-9-17-28)29-18-10-5-11-19-29/h4-23,27,32H,24-26H2,1-3H3/t27-,32-/m0/s1/i26D2. The van der Waals surface area contributed by atoms with Crippen molar-refractivity contribution in [3.05, 3.63) is 121 Å². The second-order valence-electron chi connectivity index (χ2n) is 10.7. The van der Waals surface area contributed by atoms with Crippen LogP contribution in [-0.2, 0) is 4.74 Å². The Kier molecular flexibility index (Phi) is 7.99. The Morgan fingerprint density at radius 1 is 0.769 bits per heavy atom. The molecule has 39 heavy (non-hydrogen) atoms. The molecule has 3 nitrogen and oxygen atoms in total. The fraction of sp³-hybridized carbons (Fsp3) is 0.265. The van der Waals surface area contributed by atoms with E-state index in [0.29, 0.717) is 13.0 Å². The molecule has 0 bridgehead atoms. The molecule has 4 aromatic carbocycles. The van der Waals surface area contributed by atoms with Crippen molar-refractivity contribution in [3.8, 4) is 0 Å². The lowest BCUT2D eigenvalue weighted by Crippen LogP contribution is -2.42. The fourth-order valence-corrected chi connectivity index (χ4v) is 9.95. The van der Waals surface area contributed by atoms with E-state index in [4.69, 9.17) is 4.74 Å². The summed E-state index contributed by atoms with van der Waals surface area (Å²) in [5, 5.41) is 4.38. The minimum atomic E-state index is -1.71. The number of benzene rings is 4. The Morgan fingerprint density at radius 2 is 1.18 bits per heavy atom. The highest BCUT2D eigenvalue weighted by molar-refractivity contribution is 7.74. The van der Waals surface area contributed by atoms with Gasteiger partial charge in [-0.3, -0.25) is 0 Å². The first-order valence-corrected chi connectivity index (χ1v) is 16.2. The van der Waals surface area contributed by atoms with E-state index in [-0.39, 0.29) is 5.66 Å². The number of likely N-dealkylation sites (tertiary alicyclic amines) is 1. The van der Waals surface area contributed by atoms with Gasteiger partial charge in [-0.1, -0.05) is 121 Å². The molecule has 1 saturated heterocycles. The molecule has 0 saturated carbocycles. The van der Waals surface area contributed by atoms with Gasteiger partial charge in [-0.2, -0.15) is 0 Å². The normalized spacial score (nSPS) is 18.6. The van der Waals surface area contributed by atoms with Crippen molar-refractivity contribution in [1.82, 2.24) is 4.90 Å². The Hall–Kier alpha value is -2.99. The van der Waals surface area contributed by atoms with Crippen LogP contribution in [0.25, 0.3) is 0 Å². The number of rotatable bonds is 7. The van der Waals surface area contributed by atoms with E-state index >= 15 is 0 Å². The molecule has 2 atom stereocenters. The van der Waals surface area contributed by atoms with E-state index in [1.54, 1.807) is 4.90 Å². The molecule has 1 amide bonds. The summed E-state index contributed by atoms with van der Waals surface area (Å²) in [5.74, 6) is 0. The third kappa shape index (κ3) is 6.96. The molecule has 0 spiro atoms. The van der Waals surface area contributed by atoms with Crippen LogP contribution in [0.3, 0.4) is 0 Å². The molecule has 5 rings (SSSR count). The molecule has 0 aromatic heterocycles. The molecule has 200 valence electrons. The first-order valence-electron chi connectivity index (χ1n) is 14.4. The average molecular weight is 556 g/mol. The van der Waals surface area contributed by atoms with E-state index in [1.807, 2.05) is 93.6 Å². The molecule has 0 N–H and O–H groups in total. The van der Waals surface area contributed by atoms with Crippen LogP contribution in [0.2, 0.25) is 0 Å². The van der Waals surface area contributed by atoms with Crippen LogP contribution in [0.4, 0.5) is 4.79 Å². The van der Waals surface area contributed by atoms with Gasteiger partial charge in [-0.15, -0.1) is 0 Å². The van der Waals surface area contributed by atoms with Gasteiger partial charge in [0.25, 0.3) is 0 Å². The molecular weight excluding hydrogens is 516 g/mol. The third-order valence-corrected chi connectivity index (χ3v) is 11.6. The van der Waals surface area contributed by atoms with E-state index in [2.05, 4.69) is 48.5 Å². The van der Waals surface area contributed by atoms with Gasteiger partial charge in [-0.25, -0.2) is 4.79 Å². The molecule has 1 aliphatic rings. The second kappa shape index (κ2) is 12.5. The summed E-state index contributed by atoms with van der Waals surface area (Å²) in [7, 11) is -2.29. The summed E-state index contributed by atoms with van der Waals surface area (Å²) in [5.41, 5.74) is -0.606. The molecule has 5 heteroatoms. The Balaban J connectivity index is 1.60. The van der Waals surface area contributed by atoms with Crippen LogP contribution in [0.1, 0.15) is 29.9 Å². The molecule has 4 aromatic rings. The number of ether oxygens (including phenoxy) is 1. The SMILES string of the molecule is [2H]C([2H])([C@@H]1C[C@H](P(c2ccccc2)c2ccccc2)CN1C(=O)OC(C)(C)C)P(c1ccccc1)c1ccccc1. The van der Waals surface area contributed by atoms with Crippen molar-refractivity contribution >= 4 is 43.2 Å². The largest absolute Gasteiger partial charge is 0.444 e. The van der Waals surface area contributed by atoms with Crippen LogP contribution >= 0.6 is 15.8 Å². The maximum Gasteiger partial charge on any atom is 0.410 e. The maximum absolute atomic E-state index is 13.8. The highest BCUT2D eigenvalue weighted by Crippen LogP contribution is 2.48. The number of nitrogens with zero attached hydrogens (tertiary/aromatic N) is 1. The molecule has 1 fully saturated rings. The molecule has 0 unspecified atom stereocenters. The van der Waals surface area contributed by atoms with E-state index in [1.165, 1.54) is 10.6 Å². The van der Waals surface area contributed by atoms with Crippen molar-refractivity contribution < 1.29 is 12.3 Å². The van der Waals surface area contributed by atoms with Crippen LogP contribution in [0, 0.1) is 0 Å². The minimum Gasteiger partial charge on any atom is -0.444 e. The predicted octanol–water partition coefficient (Wildman–Crippen LogP) is 6.63. The van der Waals surface area contributed by atoms with Gasteiger partial charge in [0.05, 0.1) is 0 Å². The minimum absolute atomic E-state index is 0.0748. The zero-order valence-electron chi connectivity index (χ0n) is 24.8. The van der Waals surface area contributed by atoms with Gasteiger partial charge < -0.3 is 9.64 Å². The van der Waals surface area contributed by atoms with Gasteiger partial charge in [0.1, 0.15) is 5.60 Å². The lowest BCUT2D eigenvalue weighted by atomic mass is 10.2. The second-order valence-corrected chi connectivity index (χ2v) is 15.2. The van der Waals surface area contributed by atoms with Crippen LogP contribution < -0.4 is 21.2 Å². The maximum atomic E-state index is 13.8. The molecule has 0 aliphatic carbocycles. The molecule has 0 radical (unpaired) electrons. The summed E-state index contributed by atoms with van der Waals surface area (Å²) in [6.45, 7) is 6.04. The predicted molar refractivity (Wildman–Crippen MR) is 168 cm³/mol. The Morgan fingerprint density at radius 3 is 1.59 bits per heavy atom. The third-order valence-electron chi connectivity index (χ3n) is 6.65. The zero-order valence-corrected chi connectivity index (χ0v) is 24.6. The summed E-state index contributed by atoms with van der Waals surface area (Å²) in [4.78, 5) is 15.5. The van der Waals surface area contributed by atoms with Crippen molar-refractivity contribution in [3.63, 3.8) is 0 Å². The smallest absolute Gasteiger partial charge is 0.410 e. The summed E-state index contributed by atoms with van der Waals surface area (Å²) in [6.07, 6.45) is -1.60. The average Bonchev–Trinajstić information content (AvgIpc) is 3.41. The van der Waals surface area contributed by atoms with E-state index in [9.17, 15) is 7.54 Å². The van der Waals surface area contributed by atoms with Gasteiger partial charge in [0.15, 0.2) is 0 Å². The Labute approximate surface area is 238 Å². The first-order chi connectivity index (χ1) is 19.6.